The number of hydrogen-bond donors (Lipinski definition) is 2. The average molecular weight is 372 g/mol. The molecule has 0 unspecified atom stereocenters. The van der Waals surface area contributed by atoms with Gasteiger partial charge in [-0.05, 0) is 51.4 Å². The fraction of sp³-hybridized carbons (Fsp3) is 0.105. The first-order valence-corrected chi connectivity index (χ1v) is 8.61. The Bertz CT molecular complexity index is 1320. The molecule has 3 N–H and O–H groups in total. The van der Waals surface area contributed by atoms with Gasteiger partial charge in [-0.2, -0.15) is 9.61 Å². The summed E-state index contributed by atoms with van der Waals surface area (Å²) in [5, 5.41) is 20.4. The van der Waals surface area contributed by atoms with Crippen LogP contribution in [0, 0.1) is 6.92 Å². The molecule has 0 aliphatic rings. The predicted molar refractivity (Wildman–Crippen MR) is 105 cm³/mol. The van der Waals surface area contributed by atoms with Crippen molar-refractivity contribution in [1.29, 1.82) is 0 Å². The zero-order valence-corrected chi connectivity index (χ0v) is 15.2. The van der Waals surface area contributed by atoms with E-state index < -0.39 is 0 Å². The standard InChI is InChI=1S/C19H16N8O/c1-10-6-11-4-3-5-12(13(11)7-16(10)28-2)14-8-21-19-15(18-23-25-26-24-18)9-22-27(19)17(14)20/h3-9H,20H2,1-2H3,(H,23,24,25,26). The highest BCUT2D eigenvalue weighted by Crippen LogP contribution is 2.36. The molecule has 0 amide bonds. The van der Waals surface area contributed by atoms with Crippen molar-refractivity contribution in [3.63, 3.8) is 0 Å². The number of ether oxygens (including phenoxy) is 1. The smallest absolute Gasteiger partial charge is 0.184 e. The highest BCUT2D eigenvalue weighted by molar-refractivity contribution is 6.00. The second-order valence-electron chi connectivity index (χ2n) is 6.45. The molecule has 0 aliphatic carbocycles. The summed E-state index contributed by atoms with van der Waals surface area (Å²) < 4.78 is 7.10. The summed E-state index contributed by atoms with van der Waals surface area (Å²) in [5.41, 5.74) is 10.6. The Morgan fingerprint density at radius 1 is 1.11 bits per heavy atom. The molecule has 3 aromatic heterocycles. The molecule has 0 spiro atoms. The number of fused-ring (bicyclic) bond motifs is 2. The number of methoxy groups -OCH3 is 1. The van der Waals surface area contributed by atoms with Crippen molar-refractivity contribution in [3.8, 4) is 28.3 Å². The van der Waals surface area contributed by atoms with Crippen molar-refractivity contribution in [1.82, 2.24) is 35.2 Å². The van der Waals surface area contributed by atoms with E-state index in [0.29, 0.717) is 22.9 Å². The van der Waals surface area contributed by atoms with Gasteiger partial charge in [-0.1, -0.05) is 18.2 Å². The zero-order chi connectivity index (χ0) is 19.3. The van der Waals surface area contributed by atoms with Crippen LogP contribution >= 0.6 is 0 Å². The first-order valence-electron chi connectivity index (χ1n) is 8.61. The number of anilines is 1. The van der Waals surface area contributed by atoms with E-state index in [4.69, 9.17) is 10.5 Å². The van der Waals surface area contributed by atoms with Gasteiger partial charge < -0.3 is 10.5 Å². The molecule has 0 saturated carbocycles. The third kappa shape index (κ3) is 2.29. The summed E-state index contributed by atoms with van der Waals surface area (Å²) in [6, 6.07) is 10.2. The van der Waals surface area contributed by atoms with E-state index in [1.54, 1.807) is 24.0 Å². The molecule has 3 heterocycles. The Labute approximate surface area is 159 Å². The fourth-order valence-electron chi connectivity index (χ4n) is 3.47. The van der Waals surface area contributed by atoms with Crippen molar-refractivity contribution < 1.29 is 4.74 Å². The van der Waals surface area contributed by atoms with E-state index in [9.17, 15) is 0 Å². The van der Waals surface area contributed by atoms with E-state index in [1.165, 1.54) is 0 Å². The van der Waals surface area contributed by atoms with Gasteiger partial charge >= 0.3 is 0 Å². The van der Waals surface area contributed by atoms with Crippen LogP contribution in [-0.2, 0) is 0 Å². The van der Waals surface area contributed by atoms with E-state index in [-0.39, 0.29) is 0 Å². The molecule has 0 bridgehead atoms. The Kier molecular flexibility index (Phi) is 3.48. The normalized spacial score (nSPS) is 11.4. The monoisotopic (exact) mass is 372 g/mol. The first kappa shape index (κ1) is 16.2. The number of rotatable bonds is 3. The zero-order valence-electron chi connectivity index (χ0n) is 15.2. The number of aryl methyl sites for hydroxylation is 1. The molecule has 9 heteroatoms. The summed E-state index contributed by atoms with van der Waals surface area (Å²) in [4.78, 5) is 4.57. The Hall–Kier alpha value is -4.01. The van der Waals surface area contributed by atoms with Crippen LogP contribution in [0.3, 0.4) is 0 Å². The number of H-pyrrole nitrogens is 1. The van der Waals surface area contributed by atoms with E-state index >= 15 is 0 Å². The molecule has 2 aromatic carbocycles. The minimum atomic E-state index is 0.482. The van der Waals surface area contributed by atoms with Crippen LogP contribution in [0.25, 0.3) is 38.9 Å². The van der Waals surface area contributed by atoms with Crippen molar-refractivity contribution >= 4 is 22.2 Å². The molecule has 9 nitrogen and oxygen atoms in total. The predicted octanol–water partition coefficient (Wildman–Crippen LogP) is 2.63. The molecule has 0 radical (unpaired) electrons. The van der Waals surface area contributed by atoms with Gasteiger partial charge in [0.25, 0.3) is 0 Å². The largest absolute Gasteiger partial charge is 0.496 e. The lowest BCUT2D eigenvalue weighted by atomic mass is 9.97. The number of benzene rings is 2. The van der Waals surface area contributed by atoms with E-state index in [2.05, 4.69) is 42.8 Å². The van der Waals surface area contributed by atoms with Gasteiger partial charge in [0.05, 0.1) is 18.9 Å². The van der Waals surface area contributed by atoms with Gasteiger partial charge in [0.15, 0.2) is 11.5 Å². The fourth-order valence-corrected chi connectivity index (χ4v) is 3.47. The van der Waals surface area contributed by atoms with Gasteiger partial charge in [0.2, 0.25) is 0 Å². The molecule has 138 valence electrons. The van der Waals surface area contributed by atoms with Crippen molar-refractivity contribution in [2.75, 3.05) is 12.8 Å². The Morgan fingerprint density at radius 3 is 2.79 bits per heavy atom. The van der Waals surface area contributed by atoms with Crippen molar-refractivity contribution in [2.24, 2.45) is 0 Å². The van der Waals surface area contributed by atoms with Gasteiger partial charge in [-0.3, -0.25) is 0 Å². The maximum absolute atomic E-state index is 6.48. The molecule has 28 heavy (non-hydrogen) atoms. The number of tetrazole rings is 1. The summed E-state index contributed by atoms with van der Waals surface area (Å²) >= 11 is 0. The third-order valence-electron chi connectivity index (χ3n) is 4.85. The van der Waals surface area contributed by atoms with Crippen LogP contribution in [-0.4, -0.2) is 42.3 Å². The van der Waals surface area contributed by atoms with Crippen molar-refractivity contribution in [3.05, 3.63) is 48.3 Å². The van der Waals surface area contributed by atoms with Gasteiger partial charge in [0.1, 0.15) is 11.6 Å². The molecule has 0 fully saturated rings. The quantitative estimate of drug-likeness (QED) is 0.499. The number of hydrogen-bond acceptors (Lipinski definition) is 7. The number of nitrogens with two attached hydrogens (primary N) is 1. The molecule has 0 aliphatic heterocycles. The molecule has 0 atom stereocenters. The van der Waals surface area contributed by atoms with Crippen LogP contribution in [0.15, 0.2) is 42.7 Å². The number of aromatic amines is 1. The number of nitrogens with one attached hydrogen (secondary N) is 1. The number of aromatic nitrogens is 7. The highest BCUT2D eigenvalue weighted by Gasteiger charge is 2.17. The summed E-state index contributed by atoms with van der Waals surface area (Å²) in [5.74, 6) is 1.79. The summed E-state index contributed by atoms with van der Waals surface area (Å²) in [6.07, 6.45) is 3.39. The van der Waals surface area contributed by atoms with Gasteiger partial charge in [-0.15, -0.1) is 5.10 Å². The summed E-state index contributed by atoms with van der Waals surface area (Å²) in [7, 11) is 1.67. The Morgan fingerprint density at radius 2 is 2.00 bits per heavy atom. The van der Waals surface area contributed by atoms with E-state index in [1.807, 2.05) is 25.1 Å². The second-order valence-corrected chi connectivity index (χ2v) is 6.45. The topological polar surface area (TPSA) is 120 Å². The lowest BCUT2D eigenvalue weighted by molar-refractivity contribution is 0.412. The number of nitrogens with zero attached hydrogens (tertiary/aromatic N) is 6. The maximum Gasteiger partial charge on any atom is 0.184 e. The minimum Gasteiger partial charge on any atom is -0.496 e. The minimum absolute atomic E-state index is 0.482. The molecule has 0 saturated heterocycles. The van der Waals surface area contributed by atoms with Crippen molar-refractivity contribution in [2.45, 2.75) is 6.92 Å². The molecular weight excluding hydrogens is 356 g/mol. The lowest BCUT2D eigenvalue weighted by Crippen LogP contribution is -2.03. The maximum atomic E-state index is 6.48. The van der Waals surface area contributed by atoms with Crippen LogP contribution in [0.2, 0.25) is 0 Å². The van der Waals surface area contributed by atoms with E-state index in [0.717, 1.165) is 33.2 Å². The van der Waals surface area contributed by atoms with Crippen LogP contribution in [0.4, 0.5) is 5.82 Å². The van der Waals surface area contributed by atoms with Crippen LogP contribution in [0.1, 0.15) is 5.56 Å². The average Bonchev–Trinajstić information content (AvgIpc) is 3.37. The molecule has 5 rings (SSSR count). The van der Waals surface area contributed by atoms with Crippen LogP contribution < -0.4 is 10.5 Å². The third-order valence-corrected chi connectivity index (χ3v) is 4.85. The highest BCUT2D eigenvalue weighted by atomic mass is 16.5. The van der Waals surface area contributed by atoms with Gasteiger partial charge in [0, 0.05) is 11.8 Å². The Balaban J connectivity index is 1.75. The number of nitrogen functional groups attached to an aromatic ring is 1. The molecule has 5 aromatic rings. The lowest BCUT2D eigenvalue weighted by Gasteiger charge is -2.13. The molecular formula is C19H16N8O. The van der Waals surface area contributed by atoms with Gasteiger partial charge in [-0.25, -0.2) is 10.1 Å². The van der Waals surface area contributed by atoms with Crippen LogP contribution in [0.5, 0.6) is 5.75 Å². The second kappa shape index (κ2) is 6.02. The summed E-state index contributed by atoms with van der Waals surface area (Å²) in [6.45, 7) is 2.02. The first-order chi connectivity index (χ1) is 13.7. The SMILES string of the molecule is COc1cc2c(-c3cnc4c(-c5nnn[nH]5)cnn4c3N)cccc2cc1C.